The summed E-state index contributed by atoms with van der Waals surface area (Å²) in [6.07, 6.45) is 2.35. The van der Waals surface area contributed by atoms with E-state index in [9.17, 15) is 9.18 Å². The molecule has 0 saturated heterocycles. The number of ether oxygens (including phenoxy) is 2. The topological polar surface area (TPSA) is 76.2 Å². The van der Waals surface area contributed by atoms with Gasteiger partial charge in [-0.2, -0.15) is 5.10 Å². The van der Waals surface area contributed by atoms with E-state index in [1.54, 1.807) is 43.6 Å². The Morgan fingerprint density at radius 3 is 2.88 bits per heavy atom. The molecule has 2 heterocycles. The summed E-state index contributed by atoms with van der Waals surface area (Å²) in [5.74, 6) is 0.275. The minimum absolute atomic E-state index is 0.0947. The highest BCUT2D eigenvalue weighted by atomic mass is 19.1. The smallest absolute Gasteiger partial charge is 0.269 e. The van der Waals surface area contributed by atoms with Crippen LogP contribution in [-0.2, 0) is 4.79 Å². The molecule has 1 aromatic heterocycles. The standard InChI is InChI=1S/C19H16FN3O3/c1-11-6-13(12-8-21-22-9-12)14(20)7-15(11)23-19(24)18-10-25-16-4-2-3-5-17(16)26-18/h2-9,18H,10H2,1H3,(H,21,22)(H,23,24). The van der Waals surface area contributed by atoms with E-state index in [-0.39, 0.29) is 6.61 Å². The third-order valence-electron chi connectivity index (χ3n) is 4.18. The highest BCUT2D eigenvalue weighted by molar-refractivity contribution is 5.95. The fraction of sp³-hybridized carbons (Fsp3) is 0.158. The molecule has 0 radical (unpaired) electrons. The molecule has 1 amide bonds. The van der Waals surface area contributed by atoms with E-state index in [1.807, 2.05) is 6.07 Å². The summed E-state index contributed by atoms with van der Waals surface area (Å²) in [5.41, 5.74) is 2.18. The van der Waals surface area contributed by atoms with E-state index < -0.39 is 17.8 Å². The molecule has 1 unspecified atom stereocenters. The summed E-state index contributed by atoms with van der Waals surface area (Å²) in [4.78, 5) is 12.5. The molecule has 132 valence electrons. The van der Waals surface area contributed by atoms with Crippen molar-refractivity contribution in [3.63, 3.8) is 0 Å². The predicted octanol–water partition coefficient (Wildman–Crippen LogP) is 3.30. The van der Waals surface area contributed by atoms with Crippen molar-refractivity contribution in [3.8, 4) is 22.6 Å². The number of carbonyl (C=O) groups is 1. The Bertz CT molecular complexity index is 957. The Labute approximate surface area is 149 Å². The number of aryl methyl sites for hydroxylation is 1. The lowest BCUT2D eigenvalue weighted by Gasteiger charge is -2.25. The van der Waals surface area contributed by atoms with Gasteiger partial charge in [-0.3, -0.25) is 9.89 Å². The van der Waals surface area contributed by atoms with Crippen LogP contribution in [0.1, 0.15) is 5.56 Å². The van der Waals surface area contributed by atoms with Crippen molar-refractivity contribution in [3.05, 3.63) is 60.2 Å². The third kappa shape index (κ3) is 2.99. The SMILES string of the molecule is Cc1cc(-c2cn[nH]c2)c(F)cc1NC(=O)C1COc2ccccc2O1. The molecule has 7 heteroatoms. The van der Waals surface area contributed by atoms with Crippen LogP contribution in [0.3, 0.4) is 0 Å². The Kier molecular flexibility index (Phi) is 4.04. The van der Waals surface area contributed by atoms with Crippen molar-refractivity contribution < 1.29 is 18.7 Å². The van der Waals surface area contributed by atoms with Gasteiger partial charge in [0.1, 0.15) is 12.4 Å². The van der Waals surface area contributed by atoms with Gasteiger partial charge in [-0.05, 0) is 36.8 Å². The summed E-state index contributed by atoms with van der Waals surface area (Å²) in [7, 11) is 0. The maximum Gasteiger partial charge on any atom is 0.269 e. The van der Waals surface area contributed by atoms with Gasteiger partial charge in [0, 0.05) is 23.0 Å². The molecule has 1 atom stereocenters. The lowest BCUT2D eigenvalue weighted by atomic mass is 10.0. The van der Waals surface area contributed by atoms with E-state index >= 15 is 0 Å². The number of carbonyl (C=O) groups excluding carboxylic acids is 1. The molecule has 0 fully saturated rings. The van der Waals surface area contributed by atoms with Crippen LogP contribution < -0.4 is 14.8 Å². The Morgan fingerprint density at radius 1 is 1.31 bits per heavy atom. The average molecular weight is 353 g/mol. The summed E-state index contributed by atoms with van der Waals surface area (Å²) in [6.45, 7) is 1.89. The zero-order valence-electron chi connectivity index (χ0n) is 14.0. The number of aromatic amines is 1. The highest BCUT2D eigenvalue weighted by Crippen LogP contribution is 2.32. The van der Waals surface area contributed by atoms with Gasteiger partial charge in [0.25, 0.3) is 5.91 Å². The van der Waals surface area contributed by atoms with Crippen LogP contribution in [0.2, 0.25) is 0 Å². The number of nitrogens with zero attached hydrogens (tertiary/aromatic N) is 1. The number of rotatable bonds is 3. The number of fused-ring (bicyclic) bond motifs is 1. The number of nitrogens with one attached hydrogen (secondary N) is 2. The summed E-state index contributed by atoms with van der Waals surface area (Å²) in [6, 6.07) is 10.1. The lowest BCUT2D eigenvalue weighted by Crippen LogP contribution is -2.40. The number of hydrogen-bond acceptors (Lipinski definition) is 4. The molecule has 0 bridgehead atoms. The van der Waals surface area contributed by atoms with E-state index in [0.29, 0.717) is 28.3 Å². The number of amides is 1. The van der Waals surface area contributed by atoms with Crippen LogP contribution in [0.4, 0.5) is 10.1 Å². The normalized spacial score (nSPS) is 15.5. The van der Waals surface area contributed by atoms with E-state index in [4.69, 9.17) is 9.47 Å². The van der Waals surface area contributed by atoms with Crippen LogP contribution in [-0.4, -0.2) is 28.8 Å². The minimum atomic E-state index is -0.805. The summed E-state index contributed by atoms with van der Waals surface area (Å²) < 4.78 is 25.7. The zero-order valence-corrected chi connectivity index (χ0v) is 14.0. The van der Waals surface area contributed by atoms with Gasteiger partial charge in [0.2, 0.25) is 6.10 Å². The van der Waals surface area contributed by atoms with Gasteiger partial charge < -0.3 is 14.8 Å². The molecule has 1 aliphatic rings. The molecule has 0 spiro atoms. The van der Waals surface area contributed by atoms with Gasteiger partial charge in [-0.1, -0.05) is 12.1 Å². The maximum absolute atomic E-state index is 14.4. The molecule has 3 aromatic rings. The molecule has 0 aliphatic carbocycles. The zero-order chi connectivity index (χ0) is 18.1. The number of hydrogen-bond donors (Lipinski definition) is 2. The molecular weight excluding hydrogens is 337 g/mol. The van der Waals surface area contributed by atoms with Gasteiger partial charge in [0.05, 0.1) is 6.20 Å². The van der Waals surface area contributed by atoms with Gasteiger partial charge in [-0.25, -0.2) is 4.39 Å². The van der Waals surface area contributed by atoms with Crippen molar-refractivity contribution >= 4 is 11.6 Å². The first kappa shape index (κ1) is 16.1. The number of aromatic nitrogens is 2. The Hall–Kier alpha value is -3.35. The predicted molar refractivity (Wildman–Crippen MR) is 93.7 cm³/mol. The number of benzene rings is 2. The summed E-state index contributed by atoms with van der Waals surface area (Å²) in [5, 5.41) is 9.20. The highest BCUT2D eigenvalue weighted by Gasteiger charge is 2.27. The number of H-pyrrole nitrogens is 1. The number of anilines is 1. The second-order valence-electron chi connectivity index (χ2n) is 5.99. The van der Waals surface area contributed by atoms with Crippen LogP contribution in [0.5, 0.6) is 11.5 Å². The Balaban J connectivity index is 1.52. The molecule has 1 aliphatic heterocycles. The van der Waals surface area contributed by atoms with Crippen LogP contribution in [0.25, 0.3) is 11.1 Å². The summed E-state index contributed by atoms with van der Waals surface area (Å²) >= 11 is 0. The Morgan fingerprint density at radius 2 is 2.12 bits per heavy atom. The van der Waals surface area contributed by atoms with Crippen LogP contribution in [0.15, 0.2) is 48.8 Å². The minimum Gasteiger partial charge on any atom is -0.485 e. The second kappa shape index (κ2) is 6.51. The lowest BCUT2D eigenvalue weighted by molar-refractivity contribution is -0.125. The van der Waals surface area contributed by atoms with Crippen molar-refractivity contribution in [2.24, 2.45) is 0 Å². The molecule has 0 saturated carbocycles. The van der Waals surface area contributed by atoms with Gasteiger partial charge in [0.15, 0.2) is 11.5 Å². The average Bonchev–Trinajstić information content (AvgIpc) is 3.18. The monoisotopic (exact) mass is 353 g/mol. The molecule has 26 heavy (non-hydrogen) atoms. The molecule has 2 aromatic carbocycles. The van der Waals surface area contributed by atoms with Crippen LogP contribution in [0, 0.1) is 12.7 Å². The fourth-order valence-corrected chi connectivity index (χ4v) is 2.80. The fourth-order valence-electron chi connectivity index (χ4n) is 2.80. The van der Waals surface area contributed by atoms with E-state index in [1.165, 1.54) is 6.07 Å². The molecular formula is C19H16FN3O3. The van der Waals surface area contributed by atoms with Crippen molar-refractivity contribution in [1.29, 1.82) is 0 Å². The largest absolute Gasteiger partial charge is 0.485 e. The van der Waals surface area contributed by atoms with Gasteiger partial charge >= 0.3 is 0 Å². The molecule has 6 nitrogen and oxygen atoms in total. The maximum atomic E-state index is 14.4. The van der Waals surface area contributed by atoms with Crippen molar-refractivity contribution in [1.82, 2.24) is 10.2 Å². The quantitative estimate of drug-likeness (QED) is 0.757. The first-order valence-corrected chi connectivity index (χ1v) is 8.10. The molecule has 2 N–H and O–H groups in total. The van der Waals surface area contributed by atoms with Crippen molar-refractivity contribution in [2.75, 3.05) is 11.9 Å². The van der Waals surface area contributed by atoms with E-state index in [2.05, 4.69) is 15.5 Å². The van der Waals surface area contributed by atoms with Gasteiger partial charge in [-0.15, -0.1) is 0 Å². The number of halogens is 1. The number of para-hydroxylation sites is 2. The first-order chi connectivity index (χ1) is 12.6. The first-order valence-electron chi connectivity index (χ1n) is 8.10. The molecule has 4 rings (SSSR count). The van der Waals surface area contributed by atoms with Crippen LogP contribution >= 0.6 is 0 Å². The van der Waals surface area contributed by atoms with Crippen molar-refractivity contribution in [2.45, 2.75) is 13.0 Å². The third-order valence-corrected chi connectivity index (χ3v) is 4.18. The second-order valence-corrected chi connectivity index (χ2v) is 5.99. The van der Waals surface area contributed by atoms with E-state index in [0.717, 1.165) is 5.56 Å².